The fourth-order valence-corrected chi connectivity index (χ4v) is 9.22. The maximum atomic E-state index is 13.1. The van der Waals surface area contributed by atoms with Crippen molar-refractivity contribution in [3.05, 3.63) is 24.3 Å². The number of rotatable bonds is 49. The Morgan fingerprint density at radius 2 is 0.866 bits per heavy atom. The van der Waals surface area contributed by atoms with E-state index >= 15 is 0 Å². The summed E-state index contributed by atoms with van der Waals surface area (Å²) in [6.07, 6.45) is 48.8. The number of aliphatic hydroxyl groups excluding tert-OH is 6. The molecule has 0 saturated carbocycles. The van der Waals surface area contributed by atoms with Gasteiger partial charge in [-0.1, -0.05) is 250 Å². The molecule has 8 atom stereocenters. The second-order valence-corrected chi connectivity index (χ2v) is 20.2. The fraction of sp³-hybridized carbons (Fsp3) is 0.912. The molecule has 0 aromatic carbocycles. The van der Waals surface area contributed by atoms with Gasteiger partial charge in [0.15, 0.2) is 6.29 Å². The summed E-state index contributed by atoms with van der Waals surface area (Å²) in [7, 11) is 0. The van der Waals surface area contributed by atoms with Gasteiger partial charge in [0.25, 0.3) is 0 Å². The molecule has 1 saturated heterocycles. The minimum atomic E-state index is -1.61. The Morgan fingerprint density at radius 3 is 1.25 bits per heavy atom. The van der Waals surface area contributed by atoms with Gasteiger partial charge in [0, 0.05) is 0 Å². The Kier molecular flexibility index (Phi) is 44.6. The SMILES string of the molecule is CCCCCCCCCCC/C=C/C(O)C(COC1OC(CO)C(O)C(O)C1O)NC(=O)C(O)CCCCCCCCCCCCCCCCC/C=C\CCCCCCCCCCCCCC. The number of hydrogen-bond acceptors (Lipinski definition) is 9. The molecule has 10 nitrogen and oxygen atoms in total. The molecule has 0 radical (unpaired) electrons. The van der Waals surface area contributed by atoms with Crippen molar-refractivity contribution in [2.75, 3.05) is 13.2 Å². The predicted octanol–water partition coefficient (Wildman–Crippen LogP) is 12.8. The Hall–Kier alpha value is -1.37. The number of nitrogens with one attached hydrogen (secondary N) is 1. The number of allylic oxidation sites excluding steroid dienone is 3. The highest BCUT2D eigenvalue weighted by Gasteiger charge is 2.44. The van der Waals surface area contributed by atoms with Gasteiger partial charge in [-0.2, -0.15) is 0 Å². The van der Waals surface area contributed by atoms with Crippen LogP contribution in [0.5, 0.6) is 0 Å². The van der Waals surface area contributed by atoms with E-state index in [4.69, 9.17) is 9.47 Å². The zero-order valence-corrected chi connectivity index (χ0v) is 43.5. The molecule has 0 aromatic rings. The lowest BCUT2D eigenvalue weighted by Gasteiger charge is -2.40. The van der Waals surface area contributed by atoms with Gasteiger partial charge in [0.1, 0.15) is 30.5 Å². The third-order valence-corrected chi connectivity index (χ3v) is 13.9. The fourth-order valence-electron chi connectivity index (χ4n) is 9.22. The van der Waals surface area contributed by atoms with E-state index in [2.05, 4.69) is 31.3 Å². The van der Waals surface area contributed by atoms with Gasteiger partial charge in [-0.3, -0.25) is 4.79 Å². The van der Waals surface area contributed by atoms with Crippen molar-refractivity contribution in [2.45, 2.75) is 320 Å². The molecule has 10 heteroatoms. The molecule has 1 amide bonds. The first-order valence-corrected chi connectivity index (χ1v) is 28.7. The number of carbonyl (C=O) groups excluding carboxylic acids is 1. The molecule has 67 heavy (non-hydrogen) atoms. The molecule has 1 aliphatic rings. The molecular formula is C57H109NO9. The highest BCUT2D eigenvalue weighted by atomic mass is 16.7. The number of hydrogen-bond donors (Lipinski definition) is 7. The highest BCUT2D eigenvalue weighted by Crippen LogP contribution is 2.23. The molecule has 396 valence electrons. The average molecular weight is 952 g/mol. The first kappa shape index (κ1) is 63.6. The van der Waals surface area contributed by atoms with E-state index in [-0.39, 0.29) is 6.61 Å². The maximum absolute atomic E-state index is 13.1. The van der Waals surface area contributed by atoms with Crippen molar-refractivity contribution in [3.8, 4) is 0 Å². The molecule has 0 bridgehead atoms. The summed E-state index contributed by atoms with van der Waals surface area (Å²) in [6, 6.07) is -0.977. The zero-order chi connectivity index (χ0) is 48.8. The monoisotopic (exact) mass is 952 g/mol. The Balaban J connectivity index is 2.14. The van der Waals surface area contributed by atoms with E-state index in [9.17, 15) is 35.4 Å². The van der Waals surface area contributed by atoms with Crippen LogP contribution in [0.1, 0.15) is 271 Å². The number of amides is 1. The Labute approximate surface area is 411 Å². The summed E-state index contributed by atoms with van der Waals surface area (Å²) in [5.41, 5.74) is 0. The van der Waals surface area contributed by atoms with Gasteiger partial charge in [0.2, 0.25) is 5.91 Å². The number of unbranched alkanes of at least 4 members (excludes halogenated alkanes) is 36. The van der Waals surface area contributed by atoms with Crippen molar-refractivity contribution in [1.82, 2.24) is 5.32 Å². The van der Waals surface area contributed by atoms with Gasteiger partial charge in [-0.05, 0) is 44.9 Å². The van der Waals surface area contributed by atoms with Crippen molar-refractivity contribution in [1.29, 1.82) is 0 Å². The number of carbonyl (C=O) groups is 1. The van der Waals surface area contributed by atoms with Crippen LogP contribution < -0.4 is 5.32 Å². The summed E-state index contributed by atoms with van der Waals surface area (Å²) in [5, 5.41) is 64.8. The zero-order valence-electron chi connectivity index (χ0n) is 43.5. The van der Waals surface area contributed by atoms with Crippen molar-refractivity contribution in [3.63, 3.8) is 0 Å². The van der Waals surface area contributed by atoms with Crippen LogP contribution in [-0.4, -0.2) is 98.7 Å². The van der Waals surface area contributed by atoms with Crippen LogP contribution >= 0.6 is 0 Å². The standard InChI is InChI=1S/C57H109NO9/c1-3-5-7-9-11-13-15-16-17-18-19-20-21-22-23-24-25-26-27-28-29-30-31-32-33-34-36-38-40-42-44-46-51(61)56(65)58-49(48-66-57-55(64)54(63)53(62)52(47-59)67-57)50(60)45-43-41-39-37-35-14-12-10-8-6-4-2/h22-23,43,45,49-55,57,59-64H,3-21,24-42,44,46-48H2,1-2H3,(H,58,65)/b23-22-,45-43+. The molecule has 0 spiro atoms. The third-order valence-electron chi connectivity index (χ3n) is 13.9. The smallest absolute Gasteiger partial charge is 0.249 e. The van der Waals surface area contributed by atoms with Gasteiger partial charge < -0.3 is 45.4 Å². The predicted molar refractivity (Wildman–Crippen MR) is 278 cm³/mol. The highest BCUT2D eigenvalue weighted by molar-refractivity contribution is 5.80. The summed E-state index contributed by atoms with van der Waals surface area (Å²) in [6.45, 7) is 3.61. The van der Waals surface area contributed by atoms with Crippen molar-refractivity contribution >= 4 is 5.91 Å². The first-order chi connectivity index (χ1) is 32.8. The molecule has 0 aromatic heterocycles. The van der Waals surface area contributed by atoms with Crippen molar-refractivity contribution < 1.29 is 44.9 Å². The van der Waals surface area contributed by atoms with E-state index in [0.717, 1.165) is 44.9 Å². The van der Waals surface area contributed by atoms with Crippen LogP contribution in [0.2, 0.25) is 0 Å². The summed E-state index contributed by atoms with van der Waals surface area (Å²) in [4.78, 5) is 13.1. The Bertz CT molecular complexity index is 1120. The first-order valence-electron chi connectivity index (χ1n) is 28.7. The van der Waals surface area contributed by atoms with Gasteiger partial charge in [-0.25, -0.2) is 0 Å². The van der Waals surface area contributed by atoms with Crippen LogP contribution in [0.15, 0.2) is 24.3 Å². The van der Waals surface area contributed by atoms with E-state index in [1.165, 1.54) is 205 Å². The number of ether oxygens (including phenoxy) is 2. The van der Waals surface area contributed by atoms with Crippen molar-refractivity contribution in [2.24, 2.45) is 0 Å². The largest absolute Gasteiger partial charge is 0.394 e. The van der Waals surface area contributed by atoms with Crippen LogP contribution in [0.4, 0.5) is 0 Å². The minimum absolute atomic E-state index is 0.303. The normalized spacial score (nSPS) is 20.3. The van der Waals surface area contributed by atoms with Crippen LogP contribution in [0, 0.1) is 0 Å². The quantitative estimate of drug-likeness (QED) is 0.0232. The molecule has 1 rings (SSSR count). The third kappa shape index (κ3) is 36.2. The van der Waals surface area contributed by atoms with E-state index in [0.29, 0.717) is 6.42 Å². The summed E-state index contributed by atoms with van der Waals surface area (Å²) >= 11 is 0. The summed E-state index contributed by atoms with van der Waals surface area (Å²) < 4.78 is 11.2. The molecule has 1 fully saturated rings. The second-order valence-electron chi connectivity index (χ2n) is 20.2. The van der Waals surface area contributed by atoms with Gasteiger partial charge >= 0.3 is 0 Å². The lowest BCUT2D eigenvalue weighted by Crippen LogP contribution is -2.60. The summed E-state index contributed by atoms with van der Waals surface area (Å²) in [5.74, 6) is -0.614. The van der Waals surface area contributed by atoms with E-state index < -0.39 is 61.5 Å². The molecule has 1 aliphatic heterocycles. The van der Waals surface area contributed by atoms with Gasteiger partial charge in [-0.15, -0.1) is 0 Å². The minimum Gasteiger partial charge on any atom is -0.394 e. The van der Waals surface area contributed by atoms with Gasteiger partial charge in [0.05, 0.1) is 25.4 Å². The van der Waals surface area contributed by atoms with E-state index in [1.54, 1.807) is 6.08 Å². The van der Waals surface area contributed by atoms with Crippen LogP contribution in [-0.2, 0) is 14.3 Å². The molecule has 1 heterocycles. The Morgan fingerprint density at radius 1 is 0.507 bits per heavy atom. The lowest BCUT2D eigenvalue weighted by molar-refractivity contribution is -0.302. The van der Waals surface area contributed by atoms with Crippen LogP contribution in [0.3, 0.4) is 0 Å². The number of aliphatic hydroxyl groups is 6. The molecule has 0 aliphatic carbocycles. The van der Waals surface area contributed by atoms with E-state index in [1.807, 2.05) is 6.08 Å². The molecular weight excluding hydrogens is 843 g/mol. The average Bonchev–Trinajstić information content (AvgIpc) is 3.33. The molecule has 7 N–H and O–H groups in total. The lowest BCUT2D eigenvalue weighted by atomic mass is 9.99. The van der Waals surface area contributed by atoms with Crippen LogP contribution in [0.25, 0.3) is 0 Å². The maximum Gasteiger partial charge on any atom is 0.249 e. The topological polar surface area (TPSA) is 169 Å². The second kappa shape index (κ2) is 47.0. The molecule has 8 unspecified atom stereocenters.